The molecule has 0 spiro atoms. The van der Waals surface area contributed by atoms with Gasteiger partial charge < -0.3 is 19.1 Å². The molecule has 7 heteroatoms. The molecule has 0 radical (unpaired) electrons. The van der Waals surface area contributed by atoms with Gasteiger partial charge in [0.15, 0.2) is 0 Å². The van der Waals surface area contributed by atoms with Gasteiger partial charge >= 0.3 is 0 Å². The molecule has 2 aromatic carbocycles. The predicted octanol–water partition coefficient (Wildman–Crippen LogP) is 5.61. The lowest BCUT2D eigenvalue weighted by Crippen LogP contribution is -2.38. The molecule has 0 N–H and O–H groups in total. The number of methoxy groups -OCH3 is 3. The number of ether oxygens (including phenoxy) is 3. The number of rotatable bonds is 6. The van der Waals surface area contributed by atoms with Gasteiger partial charge in [-0.25, -0.2) is 4.68 Å². The van der Waals surface area contributed by atoms with Crippen LogP contribution in [0.25, 0.3) is 16.9 Å². The van der Waals surface area contributed by atoms with Crippen molar-refractivity contribution >= 4 is 5.91 Å². The third kappa shape index (κ3) is 4.31. The summed E-state index contributed by atoms with van der Waals surface area (Å²) in [6, 6.07) is 15.3. The van der Waals surface area contributed by atoms with Gasteiger partial charge in [0.25, 0.3) is 5.91 Å². The molecule has 190 valence electrons. The van der Waals surface area contributed by atoms with Crippen molar-refractivity contribution in [2.45, 2.75) is 46.1 Å². The molecule has 1 saturated carbocycles. The number of hydrogen-bond donors (Lipinski definition) is 0. The van der Waals surface area contributed by atoms with Gasteiger partial charge in [0, 0.05) is 24.2 Å². The summed E-state index contributed by atoms with van der Waals surface area (Å²) in [5.74, 6) is 2.10. The zero-order valence-electron chi connectivity index (χ0n) is 22.0. The number of carbonyl (C=O) groups is 1. The number of carbonyl (C=O) groups excluding carboxylic acids is 1. The summed E-state index contributed by atoms with van der Waals surface area (Å²) >= 11 is 0. The largest absolute Gasteiger partial charge is 0.497 e. The van der Waals surface area contributed by atoms with Crippen LogP contribution in [0.1, 0.15) is 50.5 Å². The fourth-order valence-corrected chi connectivity index (χ4v) is 6.44. The zero-order chi connectivity index (χ0) is 25.7. The summed E-state index contributed by atoms with van der Waals surface area (Å²) in [6.45, 7) is 7.74. The first-order chi connectivity index (χ1) is 17.1. The molecule has 36 heavy (non-hydrogen) atoms. The van der Waals surface area contributed by atoms with Gasteiger partial charge in [-0.2, -0.15) is 5.10 Å². The number of aromatic nitrogens is 2. The van der Waals surface area contributed by atoms with Crippen molar-refractivity contribution in [2.75, 3.05) is 27.9 Å². The van der Waals surface area contributed by atoms with Crippen molar-refractivity contribution in [1.29, 1.82) is 0 Å². The van der Waals surface area contributed by atoms with Gasteiger partial charge in [-0.05, 0) is 72.6 Å². The van der Waals surface area contributed by atoms with E-state index in [0.29, 0.717) is 22.9 Å². The van der Waals surface area contributed by atoms with E-state index in [4.69, 9.17) is 19.3 Å². The smallest absolute Gasteiger partial charge is 0.272 e. The van der Waals surface area contributed by atoms with E-state index in [1.54, 1.807) is 26.0 Å². The molecule has 2 aliphatic rings. The molecule has 2 bridgehead atoms. The highest BCUT2D eigenvalue weighted by Gasteiger charge is 2.51. The van der Waals surface area contributed by atoms with Crippen molar-refractivity contribution in [3.8, 4) is 34.2 Å². The van der Waals surface area contributed by atoms with Gasteiger partial charge in [-0.3, -0.25) is 4.79 Å². The monoisotopic (exact) mass is 489 g/mol. The molecule has 1 aromatic heterocycles. The number of nitrogens with zero attached hydrogens (tertiary/aromatic N) is 3. The van der Waals surface area contributed by atoms with E-state index in [1.807, 2.05) is 48.5 Å². The van der Waals surface area contributed by atoms with Gasteiger partial charge in [0.1, 0.15) is 22.9 Å². The Morgan fingerprint density at radius 2 is 1.61 bits per heavy atom. The maximum Gasteiger partial charge on any atom is 0.272 e. The van der Waals surface area contributed by atoms with Crippen LogP contribution >= 0.6 is 0 Å². The maximum absolute atomic E-state index is 14.1. The number of amides is 1. The van der Waals surface area contributed by atoms with Crippen molar-refractivity contribution < 1.29 is 19.0 Å². The molecule has 2 fully saturated rings. The third-order valence-corrected chi connectivity index (χ3v) is 7.61. The lowest BCUT2D eigenvalue weighted by molar-refractivity contribution is 0.0699. The van der Waals surface area contributed by atoms with E-state index in [9.17, 15) is 4.79 Å². The van der Waals surface area contributed by atoms with Crippen LogP contribution in [0.2, 0.25) is 0 Å². The summed E-state index contributed by atoms with van der Waals surface area (Å²) < 4.78 is 18.1. The summed E-state index contributed by atoms with van der Waals surface area (Å²) in [5, 5.41) is 4.90. The minimum atomic E-state index is 0.0171. The number of fused-ring (bicyclic) bond motifs is 2. The van der Waals surface area contributed by atoms with Gasteiger partial charge in [0.05, 0.1) is 32.7 Å². The average molecular weight is 490 g/mol. The highest BCUT2D eigenvalue weighted by atomic mass is 16.5. The van der Waals surface area contributed by atoms with Crippen LogP contribution in [-0.4, -0.2) is 54.5 Å². The first-order valence-electron chi connectivity index (χ1n) is 12.4. The van der Waals surface area contributed by atoms with E-state index in [-0.39, 0.29) is 22.8 Å². The molecule has 2 unspecified atom stereocenters. The predicted molar refractivity (Wildman–Crippen MR) is 139 cm³/mol. The minimum absolute atomic E-state index is 0.0171. The minimum Gasteiger partial charge on any atom is -0.497 e. The Hall–Kier alpha value is -3.48. The van der Waals surface area contributed by atoms with Crippen molar-refractivity contribution in [2.24, 2.45) is 10.8 Å². The molecule has 1 aliphatic heterocycles. The second-order valence-electron chi connectivity index (χ2n) is 11.2. The molecule has 1 amide bonds. The summed E-state index contributed by atoms with van der Waals surface area (Å²) in [5.41, 5.74) is 3.18. The normalized spacial score (nSPS) is 22.4. The van der Waals surface area contributed by atoms with Crippen LogP contribution in [0.3, 0.4) is 0 Å². The van der Waals surface area contributed by atoms with Crippen LogP contribution in [0.5, 0.6) is 17.2 Å². The Balaban J connectivity index is 1.59. The maximum atomic E-state index is 14.1. The molecule has 2 atom stereocenters. The lowest BCUT2D eigenvalue weighted by atomic mass is 9.65. The van der Waals surface area contributed by atoms with E-state index < -0.39 is 0 Å². The first kappa shape index (κ1) is 24.2. The highest BCUT2D eigenvalue weighted by Crippen LogP contribution is 2.52. The van der Waals surface area contributed by atoms with Crippen molar-refractivity contribution in [1.82, 2.24) is 14.7 Å². The Morgan fingerprint density at radius 1 is 0.917 bits per heavy atom. The van der Waals surface area contributed by atoms with Crippen LogP contribution < -0.4 is 14.2 Å². The molecule has 1 aliphatic carbocycles. The topological polar surface area (TPSA) is 65.8 Å². The van der Waals surface area contributed by atoms with Crippen LogP contribution in [-0.2, 0) is 0 Å². The fourth-order valence-electron chi connectivity index (χ4n) is 6.44. The molecule has 2 heterocycles. The quantitative estimate of drug-likeness (QED) is 0.451. The molecule has 7 nitrogen and oxygen atoms in total. The third-order valence-electron chi connectivity index (χ3n) is 7.61. The van der Waals surface area contributed by atoms with Crippen molar-refractivity contribution in [3.05, 3.63) is 54.2 Å². The second-order valence-corrected chi connectivity index (χ2v) is 11.2. The van der Waals surface area contributed by atoms with E-state index in [0.717, 1.165) is 42.8 Å². The van der Waals surface area contributed by atoms with E-state index in [2.05, 4.69) is 25.7 Å². The Morgan fingerprint density at radius 3 is 2.28 bits per heavy atom. The molecular weight excluding hydrogens is 454 g/mol. The Kier molecular flexibility index (Phi) is 5.97. The molecule has 1 saturated heterocycles. The average Bonchev–Trinajstić information content (AvgIpc) is 3.41. The number of benzene rings is 2. The highest BCUT2D eigenvalue weighted by molar-refractivity contribution is 5.95. The second kappa shape index (κ2) is 8.87. The Bertz CT molecular complexity index is 1280. The van der Waals surface area contributed by atoms with Crippen molar-refractivity contribution in [3.63, 3.8) is 0 Å². The van der Waals surface area contributed by atoms with Crippen LogP contribution in [0, 0.1) is 10.8 Å². The number of hydrogen-bond acceptors (Lipinski definition) is 5. The fraction of sp³-hybridized carbons (Fsp3) is 0.448. The molecular formula is C29H35N3O4. The summed E-state index contributed by atoms with van der Waals surface area (Å²) in [4.78, 5) is 16.2. The van der Waals surface area contributed by atoms with Crippen LogP contribution in [0.4, 0.5) is 0 Å². The Labute approximate surface area is 213 Å². The van der Waals surface area contributed by atoms with Gasteiger partial charge in [-0.15, -0.1) is 0 Å². The lowest BCUT2D eigenvalue weighted by Gasteiger charge is -2.39. The molecule has 5 rings (SSSR count). The van der Waals surface area contributed by atoms with E-state index in [1.165, 1.54) is 0 Å². The van der Waals surface area contributed by atoms with Gasteiger partial charge in [0.2, 0.25) is 0 Å². The van der Waals surface area contributed by atoms with Crippen LogP contribution in [0.15, 0.2) is 48.5 Å². The summed E-state index contributed by atoms with van der Waals surface area (Å²) in [6.07, 6.45) is 3.20. The molecule has 3 aromatic rings. The SMILES string of the molecule is COc1ccc(-n2nc(-c3ccc(OC)cc3OC)cc2C(=O)N2CC3(C)CC2CC(C)(C)C3)cc1. The van der Waals surface area contributed by atoms with E-state index >= 15 is 0 Å². The summed E-state index contributed by atoms with van der Waals surface area (Å²) in [7, 11) is 4.88. The standard InChI is InChI=1S/C29H35N3O4/c1-28(2)15-20-16-29(3,17-28)18-31(20)27(33)25-14-24(23-12-11-22(35-5)13-26(23)36-6)30-32(25)19-7-9-21(34-4)10-8-19/h7-14,20H,15-18H2,1-6H3. The zero-order valence-corrected chi connectivity index (χ0v) is 22.0. The van der Waals surface area contributed by atoms with Gasteiger partial charge in [-0.1, -0.05) is 20.8 Å². The first-order valence-corrected chi connectivity index (χ1v) is 12.4. The number of likely N-dealkylation sites (tertiary alicyclic amines) is 1.